The third kappa shape index (κ3) is 3.06. The number of aryl methyl sites for hydroxylation is 1. The van der Waals surface area contributed by atoms with E-state index in [2.05, 4.69) is 59.0 Å². The molecule has 4 rings (SSSR count). The van der Waals surface area contributed by atoms with E-state index in [1.807, 2.05) is 12.1 Å². The van der Waals surface area contributed by atoms with Gasteiger partial charge < -0.3 is 15.1 Å². The van der Waals surface area contributed by atoms with Gasteiger partial charge in [0.2, 0.25) is 5.52 Å². The molecule has 25 heavy (non-hydrogen) atoms. The van der Waals surface area contributed by atoms with E-state index in [0.29, 0.717) is 6.54 Å². The third-order valence-electron chi connectivity index (χ3n) is 4.26. The number of β-amino-alcohol motifs (C(OH)–C–C–N with tert-alkyl or cyclic N) is 1. The Morgan fingerprint density at radius 1 is 1.16 bits per heavy atom. The number of benzene rings is 2. The van der Waals surface area contributed by atoms with Gasteiger partial charge in [-0.3, -0.25) is 0 Å². The van der Waals surface area contributed by atoms with E-state index < -0.39 is 6.10 Å². The maximum atomic E-state index is 9.97. The van der Waals surface area contributed by atoms with Gasteiger partial charge in [-0.25, -0.2) is 0 Å². The van der Waals surface area contributed by atoms with Crippen molar-refractivity contribution < 1.29 is 14.8 Å². The fraction of sp³-hybridized carbons (Fsp3) is 0.211. The summed E-state index contributed by atoms with van der Waals surface area (Å²) in [4.78, 5) is 3.26. The number of aliphatic hydroxyl groups excluding tert-OH is 2. The van der Waals surface area contributed by atoms with Crippen molar-refractivity contribution in [2.45, 2.75) is 11.0 Å². The number of thiazole rings is 1. The summed E-state index contributed by atoms with van der Waals surface area (Å²) in [5, 5.41) is 21.4. The zero-order valence-electron chi connectivity index (χ0n) is 13.8. The van der Waals surface area contributed by atoms with Gasteiger partial charge in [-0.05, 0) is 18.2 Å². The molecule has 4 nitrogen and oxygen atoms in total. The Kier molecular flexibility index (Phi) is 4.52. The average Bonchev–Trinajstić information content (AvgIpc) is 3.14. The van der Waals surface area contributed by atoms with E-state index in [4.69, 9.17) is 0 Å². The van der Waals surface area contributed by atoms with E-state index in [-0.39, 0.29) is 6.61 Å². The third-order valence-corrected chi connectivity index (χ3v) is 6.54. The molecular weight excluding hydrogens is 352 g/mol. The lowest BCUT2D eigenvalue weighted by Gasteiger charge is -2.22. The molecule has 0 amide bonds. The molecule has 0 saturated carbocycles. The van der Waals surface area contributed by atoms with Crippen LogP contribution in [0.4, 0.5) is 5.69 Å². The number of aliphatic hydroxyl groups is 2. The topological polar surface area (TPSA) is 47.6 Å². The quantitative estimate of drug-likeness (QED) is 0.692. The minimum atomic E-state index is -0.772. The van der Waals surface area contributed by atoms with Gasteiger partial charge in [0.1, 0.15) is 11.7 Å². The summed E-state index contributed by atoms with van der Waals surface area (Å²) in [7, 11) is 2.07. The summed E-state index contributed by atoms with van der Waals surface area (Å²) in [6.45, 7) is 0.133. The highest BCUT2D eigenvalue weighted by molar-refractivity contribution is 8.03. The maximum absolute atomic E-state index is 9.97. The number of para-hydroxylation sites is 2. The average molecular weight is 372 g/mol. The van der Waals surface area contributed by atoms with Gasteiger partial charge in [0.05, 0.1) is 36.0 Å². The summed E-state index contributed by atoms with van der Waals surface area (Å²) in [6, 6.07) is 16.5. The predicted molar refractivity (Wildman–Crippen MR) is 104 cm³/mol. The minimum absolute atomic E-state index is 0.243. The molecule has 2 N–H and O–H groups in total. The van der Waals surface area contributed by atoms with Crippen LogP contribution < -0.4 is 9.47 Å². The molecule has 1 aromatic heterocycles. The molecule has 2 aromatic carbocycles. The lowest BCUT2D eigenvalue weighted by molar-refractivity contribution is -0.642. The molecule has 1 aliphatic heterocycles. The van der Waals surface area contributed by atoms with Gasteiger partial charge >= 0.3 is 0 Å². The SMILES string of the molecule is C[n+]1c(/C=C2\Sc3ccccc3N2CC(O)CO)sc2ccccc21. The van der Waals surface area contributed by atoms with E-state index >= 15 is 0 Å². The zero-order chi connectivity index (χ0) is 17.4. The second-order valence-corrected chi connectivity index (χ2v) is 8.09. The molecule has 1 aliphatic rings. The van der Waals surface area contributed by atoms with Crippen molar-refractivity contribution in [2.75, 3.05) is 18.1 Å². The Morgan fingerprint density at radius 2 is 1.92 bits per heavy atom. The summed E-state index contributed by atoms with van der Waals surface area (Å²) in [5.41, 5.74) is 2.29. The molecule has 0 fully saturated rings. The first-order valence-corrected chi connectivity index (χ1v) is 9.73. The van der Waals surface area contributed by atoms with Gasteiger partial charge in [-0.15, -0.1) is 0 Å². The summed E-state index contributed by atoms with van der Waals surface area (Å²) >= 11 is 3.45. The number of hydrogen-bond acceptors (Lipinski definition) is 5. The van der Waals surface area contributed by atoms with Crippen LogP contribution in [0.15, 0.2) is 58.5 Å². The van der Waals surface area contributed by atoms with E-state index in [1.54, 1.807) is 23.1 Å². The number of hydrogen-bond donors (Lipinski definition) is 2. The molecule has 0 aliphatic carbocycles. The lowest BCUT2D eigenvalue weighted by atomic mass is 10.2. The van der Waals surface area contributed by atoms with Crippen LogP contribution >= 0.6 is 23.1 Å². The maximum Gasteiger partial charge on any atom is 0.265 e. The summed E-state index contributed by atoms with van der Waals surface area (Å²) in [5.74, 6) is 0. The van der Waals surface area contributed by atoms with Gasteiger partial charge in [0.15, 0.2) is 0 Å². The lowest BCUT2D eigenvalue weighted by Crippen LogP contribution is -2.32. The number of thioether (sulfide) groups is 1. The Bertz CT molecular complexity index is 952. The van der Waals surface area contributed by atoms with Crippen molar-refractivity contribution in [1.82, 2.24) is 0 Å². The Morgan fingerprint density at radius 3 is 2.72 bits per heavy atom. The van der Waals surface area contributed by atoms with Gasteiger partial charge in [-0.1, -0.05) is 47.4 Å². The fourth-order valence-electron chi connectivity index (χ4n) is 2.97. The zero-order valence-corrected chi connectivity index (χ0v) is 15.4. The van der Waals surface area contributed by atoms with Crippen LogP contribution in [-0.4, -0.2) is 29.5 Å². The Balaban J connectivity index is 1.77. The van der Waals surface area contributed by atoms with Crippen LogP contribution in [0.25, 0.3) is 16.3 Å². The van der Waals surface area contributed by atoms with Crippen molar-refractivity contribution >= 4 is 45.1 Å². The molecule has 0 spiro atoms. The van der Waals surface area contributed by atoms with Crippen molar-refractivity contribution in [3.63, 3.8) is 0 Å². The first-order valence-electron chi connectivity index (χ1n) is 8.10. The molecule has 0 radical (unpaired) electrons. The standard InChI is InChI=1S/C19H19N2O2S2/c1-20-14-6-2-4-8-16(14)24-18(20)10-19-21(11-13(23)12-22)15-7-3-5-9-17(15)25-19/h2-10,13,22-23H,11-12H2,1H3/q+1. The van der Waals surface area contributed by atoms with E-state index in [0.717, 1.165) is 15.7 Å². The van der Waals surface area contributed by atoms with Crippen molar-refractivity contribution in [2.24, 2.45) is 7.05 Å². The summed E-state index contributed by atoms with van der Waals surface area (Å²) in [6.07, 6.45) is 1.39. The largest absolute Gasteiger partial charge is 0.394 e. The van der Waals surface area contributed by atoms with Crippen LogP contribution in [0.2, 0.25) is 0 Å². The van der Waals surface area contributed by atoms with Crippen LogP contribution in [0, 0.1) is 0 Å². The predicted octanol–water partition coefficient (Wildman–Crippen LogP) is 2.99. The molecule has 1 atom stereocenters. The molecule has 6 heteroatoms. The highest BCUT2D eigenvalue weighted by atomic mass is 32.2. The Labute approximate surface area is 154 Å². The second-order valence-electron chi connectivity index (χ2n) is 5.97. The number of aromatic nitrogens is 1. The number of nitrogens with zero attached hydrogens (tertiary/aromatic N) is 2. The number of rotatable bonds is 4. The van der Waals surface area contributed by atoms with E-state index in [9.17, 15) is 10.2 Å². The van der Waals surface area contributed by atoms with Crippen LogP contribution in [0.5, 0.6) is 0 Å². The molecule has 2 heterocycles. The van der Waals surface area contributed by atoms with E-state index in [1.165, 1.54) is 15.1 Å². The second kappa shape index (κ2) is 6.80. The van der Waals surface area contributed by atoms with Crippen LogP contribution in [0.1, 0.15) is 5.01 Å². The van der Waals surface area contributed by atoms with Gasteiger partial charge in [-0.2, -0.15) is 4.57 Å². The number of anilines is 1. The molecular formula is C19H19N2O2S2+. The van der Waals surface area contributed by atoms with Crippen LogP contribution in [-0.2, 0) is 7.05 Å². The van der Waals surface area contributed by atoms with Crippen LogP contribution in [0.3, 0.4) is 0 Å². The minimum Gasteiger partial charge on any atom is -0.394 e. The molecule has 3 aromatic rings. The normalized spacial score (nSPS) is 16.6. The molecule has 0 bridgehead atoms. The monoisotopic (exact) mass is 371 g/mol. The van der Waals surface area contributed by atoms with Gasteiger partial charge in [0.25, 0.3) is 5.01 Å². The summed E-state index contributed by atoms with van der Waals surface area (Å²) < 4.78 is 3.44. The smallest absolute Gasteiger partial charge is 0.265 e. The highest BCUT2D eigenvalue weighted by Gasteiger charge is 2.28. The molecule has 128 valence electrons. The Hall–Kier alpha value is -1.86. The molecule has 1 unspecified atom stereocenters. The highest BCUT2D eigenvalue weighted by Crippen LogP contribution is 2.46. The van der Waals surface area contributed by atoms with Gasteiger partial charge in [0, 0.05) is 11.0 Å². The van der Waals surface area contributed by atoms with Crippen molar-refractivity contribution in [3.8, 4) is 0 Å². The first kappa shape index (κ1) is 16.6. The van der Waals surface area contributed by atoms with Crippen molar-refractivity contribution in [3.05, 3.63) is 58.6 Å². The molecule has 0 saturated heterocycles. The first-order chi connectivity index (χ1) is 12.2. The fourth-order valence-corrected chi connectivity index (χ4v) is 5.24. The van der Waals surface area contributed by atoms with Crippen molar-refractivity contribution in [1.29, 1.82) is 0 Å². The number of fused-ring (bicyclic) bond motifs is 2.